The van der Waals surface area contributed by atoms with Gasteiger partial charge in [0.2, 0.25) is 0 Å². The number of benzene rings is 1. The second-order valence-corrected chi connectivity index (χ2v) is 6.43. The van der Waals surface area contributed by atoms with Crippen molar-refractivity contribution in [2.45, 2.75) is 44.9 Å². The molecule has 0 saturated carbocycles. The van der Waals surface area contributed by atoms with Crippen molar-refractivity contribution in [2.75, 3.05) is 0 Å². The third kappa shape index (κ3) is 5.17. The number of hydrazone groups is 1. The molecule has 0 aliphatic heterocycles. The zero-order valence-corrected chi connectivity index (χ0v) is 13.0. The third-order valence-electron chi connectivity index (χ3n) is 2.95. The number of nitrogens with zero attached hydrogens (tertiary/aromatic N) is 1. The van der Waals surface area contributed by atoms with Gasteiger partial charge in [-0.15, -0.1) is 0 Å². The van der Waals surface area contributed by atoms with Crippen LogP contribution < -0.4 is 4.83 Å². The molecule has 1 N–H and O–H groups in total. The highest BCUT2D eigenvalue weighted by Gasteiger charge is 2.12. The first-order valence-electron chi connectivity index (χ1n) is 7.14. The van der Waals surface area contributed by atoms with E-state index in [-0.39, 0.29) is 4.90 Å². The summed E-state index contributed by atoms with van der Waals surface area (Å²) >= 11 is 0. The Kier molecular flexibility index (Phi) is 5.35. The van der Waals surface area contributed by atoms with Crippen LogP contribution in [0.5, 0.6) is 0 Å². The number of hydrogen-bond acceptors (Lipinski definition) is 3. The van der Waals surface area contributed by atoms with Gasteiger partial charge in [0.25, 0.3) is 10.0 Å². The molecule has 0 heterocycles. The highest BCUT2D eigenvalue weighted by Crippen LogP contribution is 2.10. The highest BCUT2D eigenvalue weighted by molar-refractivity contribution is 7.89. The first kappa shape index (κ1) is 14.8. The minimum absolute atomic E-state index is 0.199. The maximum atomic E-state index is 12.0. The largest absolute Gasteiger partial charge is 0.276 e. The fourth-order valence-electron chi connectivity index (χ4n) is 1.48. The molecule has 0 unspecified atom stereocenters. The molecule has 0 aromatic heterocycles. The van der Waals surface area contributed by atoms with Gasteiger partial charge in [0.05, 0.1) is 6.27 Å². The zero-order chi connectivity index (χ0) is 15.9. The number of rotatable bonds is 7. The molecule has 1 aromatic rings. The Labute approximate surface area is 123 Å². The van der Waals surface area contributed by atoms with Crippen molar-refractivity contribution in [3.63, 3.8) is 0 Å². The summed E-state index contributed by atoms with van der Waals surface area (Å²) in [4.78, 5) is 2.45. The number of hydrogen-bond donors (Lipinski definition) is 1. The summed E-state index contributed by atoms with van der Waals surface area (Å²) in [5.74, 6) is 0. The lowest BCUT2D eigenvalue weighted by Crippen LogP contribution is -2.19. The molecule has 110 valence electrons. The lowest BCUT2D eigenvalue weighted by Gasteiger charge is -2.06. The fraction of sp³-hybridized carbons (Fsp3) is 0.400. The summed E-state index contributed by atoms with van der Waals surface area (Å²) in [6.45, 7) is 7.02. The van der Waals surface area contributed by atoms with E-state index in [4.69, 9.17) is 1.37 Å². The van der Waals surface area contributed by atoms with Crippen molar-refractivity contribution >= 4 is 15.7 Å². The van der Waals surface area contributed by atoms with Crippen LogP contribution in [0.3, 0.4) is 0 Å². The van der Waals surface area contributed by atoms with E-state index in [2.05, 4.69) is 9.93 Å². The Morgan fingerprint density at radius 3 is 2.55 bits per heavy atom. The maximum Gasteiger partial charge on any atom is 0.276 e. The van der Waals surface area contributed by atoms with E-state index in [1.54, 1.807) is 31.2 Å². The summed E-state index contributed by atoms with van der Waals surface area (Å²) in [7, 11) is -3.61. The molecule has 0 aliphatic rings. The van der Waals surface area contributed by atoms with Gasteiger partial charge in [-0.2, -0.15) is 13.5 Å². The van der Waals surface area contributed by atoms with Gasteiger partial charge in [0.15, 0.2) is 0 Å². The molecule has 0 atom stereocenters. The third-order valence-corrected chi connectivity index (χ3v) is 4.17. The minimum Gasteiger partial charge on any atom is -0.200 e. The minimum atomic E-state index is -3.61. The Hall–Kier alpha value is -1.62. The number of sulfonamides is 1. The molecule has 5 heteroatoms. The summed E-state index contributed by atoms with van der Waals surface area (Å²) in [6, 6.07) is 6.61. The van der Waals surface area contributed by atoms with Gasteiger partial charge in [-0.05, 0) is 45.2 Å². The van der Waals surface area contributed by atoms with Crippen molar-refractivity contribution in [1.82, 2.24) is 4.83 Å². The van der Waals surface area contributed by atoms with Crippen LogP contribution >= 0.6 is 0 Å². The molecule has 0 bridgehead atoms. The summed E-state index contributed by atoms with van der Waals surface area (Å²) < 4.78 is 31.3. The van der Waals surface area contributed by atoms with E-state index >= 15 is 0 Å². The van der Waals surface area contributed by atoms with E-state index in [0.29, 0.717) is 12.1 Å². The highest BCUT2D eigenvalue weighted by atomic mass is 32.2. The Morgan fingerprint density at radius 2 is 2.00 bits per heavy atom. The number of aryl methyl sites for hydroxylation is 1. The van der Waals surface area contributed by atoms with Crippen LogP contribution in [-0.2, 0) is 10.0 Å². The molecule has 0 saturated heterocycles. The van der Waals surface area contributed by atoms with Crippen LogP contribution in [0.1, 0.15) is 40.0 Å². The van der Waals surface area contributed by atoms with E-state index in [9.17, 15) is 8.42 Å². The van der Waals surface area contributed by atoms with Crippen molar-refractivity contribution in [3.05, 3.63) is 42.0 Å². The van der Waals surface area contributed by atoms with Gasteiger partial charge in [-0.3, -0.25) is 0 Å². The van der Waals surface area contributed by atoms with Crippen LogP contribution in [-0.4, -0.2) is 14.1 Å². The Bertz CT molecular complexity index is 620. The smallest absolute Gasteiger partial charge is 0.200 e. The normalized spacial score (nSPS) is 14.1. The average Bonchev–Trinajstić information content (AvgIpc) is 2.47. The van der Waals surface area contributed by atoms with Crippen LogP contribution in [0.2, 0.25) is 0 Å². The monoisotopic (exact) mass is 295 g/mol. The van der Waals surface area contributed by atoms with Crippen molar-refractivity contribution in [1.29, 1.82) is 0 Å². The van der Waals surface area contributed by atoms with Gasteiger partial charge in [-0.25, -0.2) is 4.83 Å². The van der Waals surface area contributed by atoms with Gasteiger partial charge < -0.3 is 0 Å². The molecule has 0 fully saturated rings. The van der Waals surface area contributed by atoms with Gasteiger partial charge in [0.1, 0.15) is 0 Å². The molecular weight excluding hydrogens is 272 g/mol. The molecule has 0 aliphatic carbocycles. The number of nitrogens with one attached hydrogen (secondary N) is 1. The maximum absolute atomic E-state index is 12.0. The van der Waals surface area contributed by atoms with E-state index < -0.39 is 10.0 Å². The average molecular weight is 295 g/mol. The molecular formula is C15H22N2O2S. The standard InChI is InChI=1S/C15H22N2O2S/c1-5-12(2)6-9-14(4)16-17-20(18,19)15-10-7-13(3)8-11-15/h7-8,10-11,17H,2,5-6,9H2,1,3-4H3/b16-14-/i2D/b12-2?,16-14-. The lowest BCUT2D eigenvalue weighted by atomic mass is 10.1. The molecule has 0 amide bonds. The topological polar surface area (TPSA) is 58.5 Å². The Balaban J connectivity index is 2.67. The predicted octanol–water partition coefficient (Wildman–Crippen LogP) is 3.40. The van der Waals surface area contributed by atoms with E-state index in [0.717, 1.165) is 24.0 Å². The van der Waals surface area contributed by atoms with Crippen molar-refractivity contribution in [2.24, 2.45) is 5.10 Å². The second-order valence-electron chi connectivity index (χ2n) is 4.77. The van der Waals surface area contributed by atoms with Gasteiger partial charge >= 0.3 is 0 Å². The van der Waals surface area contributed by atoms with Crippen LogP contribution in [0.25, 0.3) is 0 Å². The lowest BCUT2D eigenvalue weighted by molar-refractivity contribution is 0.584. The first-order chi connectivity index (χ1) is 9.89. The van der Waals surface area contributed by atoms with Crippen LogP contribution in [0.4, 0.5) is 0 Å². The summed E-state index contributed by atoms with van der Waals surface area (Å²) in [5, 5.41) is 3.93. The fourth-order valence-corrected chi connectivity index (χ4v) is 2.36. The van der Waals surface area contributed by atoms with Gasteiger partial charge in [-0.1, -0.05) is 36.7 Å². The van der Waals surface area contributed by atoms with Crippen molar-refractivity contribution < 1.29 is 9.79 Å². The van der Waals surface area contributed by atoms with Crippen LogP contribution in [0.15, 0.2) is 46.4 Å². The van der Waals surface area contributed by atoms with Gasteiger partial charge in [0, 0.05) is 5.71 Å². The predicted molar refractivity (Wildman–Crippen MR) is 83.3 cm³/mol. The molecule has 1 rings (SSSR count). The summed E-state index contributed by atoms with van der Waals surface area (Å²) in [5.41, 5.74) is 2.72. The first-order valence-corrected chi connectivity index (χ1v) is 8.05. The summed E-state index contributed by atoms with van der Waals surface area (Å²) in [6.07, 6.45) is 2.18. The van der Waals surface area contributed by atoms with E-state index in [1.165, 1.54) is 6.55 Å². The Morgan fingerprint density at radius 1 is 1.35 bits per heavy atom. The molecule has 0 spiro atoms. The van der Waals surface area contributed by atoms with Crippen molar-refractivity contribution in [3.8, 4) is 0 Å². The number of allylic oxidation sites excluding steroid dienone is 1. The molecule has 4 nitrogen and oxygen atoms in total. The second kappa shape index (κ2) is 7.24. The molecule has 1 aromatic carbocycles. The quantitative estimate of drug-likeness (QED) is 0.476. The zero-order valence-electron chi connectivity index (χ0n) is 13.2. The molecule has 20 heavy (non-hydrogen) atoms. The van der Waals surface area contributed by atoms with E-state index in [1.807, 2.05) is 13.8 Å². The van der Waals surface area contributed by atoms with Crippen LogP contribution in [0, 0.1) is 6.92 Å². The SMILES string of the molecule is [2H]C=C(CC)CC/C(C)=N\NS(=O)(=O)c1ccc(C)cc1. The molecule has 0 radical (unpaired) electrons.